The highest BCUT2D eigenvalue weighted by atomic mass is 32.1. The fourth-order valence-corrected chi connectivity index (χ4v) is 2.98. The molecule has 1 aromatic heterocycles. The molecule has 1 N–H and O–H groups in total. The van der Waals surface area contributed by atoms with Gasteiger partial charge in [0.25, 0.3) is 0 Å². The van der Waals surface area contributed by atoms with Crippen molar-refractivity contribution in [2.75, 3.05) is 13.2 Å². The minimum atomic E-state index is 0.124. The van der Waals surface area contributed by atoms with Crippen LogP contribution in [-0.2, 0) is 11.2 Å². The van der Waals surface area contributed by atoms with E-state index in [4.69, 9.17) is 4.74 Å². The van der Waals surface area contributed by atoms with Crippen molar-refractivity contribution in [3.05, 3.63) is 16.6 Å². The molecular formula is C15H28N2OS. The van der Waals surface area contributed by atoms with Crippen molar-refractivity contribution < 1.29 is 4.74 Å². The number of ether oxygens (including phenoxy) is 1. The highest BCUT2D eigenvalue weighted by Gasteiger charge is 2.33. The number of nitrogens with one attached hydrogen (secondary N) is 1. The maximum atomic E-state index is 6.03. The van der Waals surface area contributed by atoms with Crippen molar-refractivity contribution >= 4 is 11.3 Å². The number of thiazole rings is 1. The molecule has 0 bridgehead atoms. The van der Waals surface area contributed by atoms with E-state index < -0.39 is 0 Å². The average molecular weight is 284 g/mol. The Morgan fingerprint density at radius 2 is 2.11 bits per heavy atom. The molecule has 0 aliphatic carbocycles. The van der Waals surface area contributed by atoms with Crippen LogP contribution in [0.15, 0.2) is 11.6 Å². The average Bonchev–Trinajstić information content (AvgIpc) is 2.83. The largest absolute Gasteiger partial charge is 0.376 e. The van der Waals surface area contributed by atoms with E-state index in [2.05, 4.69) is 44.9 Å². The van der Waals surface area contributed by atoms with Gasteiger partial charge in [-0.3, -0.25) is 0 Å². The van der Waals surface area contributed by atoms with E-state index in [0.717, 1.165) is 26.0 Å². The maximum Gasteiger partial charge on any atom is 0.0941 e. The molecule has 1 heterocycles. The Kier molecular flexibility index (Phi) is 6.97. The lowest BCUT2D eigenvalue weighted by Gasteiger charge is -2.37. The highest BCUT2D eigenvalue weighted by Crippen LogP contribution is 2.27. The molecule has 0 saturated heterocycles. The summed E-state index contributed by atoms with van der Waals surface area (Å²) in [4.78, 5) is 4.41. The summed E-state index contributed by atoms with van der Waals surface area (Å²) < 4.78 is 6.03. The molecule has 0 amide bonds. The second kappa shape index (κ2) is 7.98. The molecule has 110 valence electrons. The van der Waals surface area contributed by atoms with E-state index in [-0.39, 0.29) is 11.5 Å². The fourth-order valence-electron chi connectivity index (χ4n) is 2.31. The molecule has 0 fully saturated rings. The topological polar surface area (TPSA) is 34.2 Å². The van der Waals surface area contributed by atoms with Crippen LogP contribution in [-0.4, -0.2) is 30.3 Å². The Bertz CT molecular complexity index is 332. The van der Waals surface area contributed by atoms with Crippen molar-refractivity contribution in [1.29, 1.82) is 0 Å². The molecule has 3 nitrogen and oxygen atoms in total. The lowest BCUT2D eigenvalue weighted by atomic mass is 9.83. The quantitative estimate of drug-likeness (QED) is 0.793. The van der Waals surface area contributed by atoms with E-state index in [1.165, 1.54) is 5.01 Å². The maximum absolute atomic E-state index is 6.03. The summed E-state index contributed by atoms with van der Waals surface area (Å²) in [5, 5.41) is 6.86. The van der Waals surface area contributed by atoms with Gasteiger partial charge in [-0.25, -0.2) is 4.98 Å². The molecule has 0 aliphatic heterocycles. The predicted molar refractivity (Wildman–Crippen MR) is 82.8 cm³/mol. The van der Waals surface area contributed by atoms with Gasteiger partial charge in [-0.2, -0.15) is 0 Å². The summed E-state index contributed by atoms with van der Waals surface area (Å²) in [6, 6.07) is 0.325. The number of hydrogen-bond acceptors (Lipinski definition) is 4. The number of aromatic nitrogens is 1. The molecule has 0 aliphatic rings. The summed E-state index contributed by atoms with van der Waals surface area (Å²) >= 11 is 1.72. The van der Waals surface area contributed by atoms with Crippen LogP contribution in [0, 0.1) is 5.41 Å². The smallest absolute Gasteiger partial charge is 0.0941 e. The first-order chi connectivity index (χ1) is 8.99. The number of rotatable bonds is 8. The molecule has 4 heteroatoms. The molecule has 0 radical (unpaired) electrons. The van der Waals surface area contributed by atoms with E-state index in [9.17, 15) is 0 Å². The lowest BCUT2D eigenvalue weighted by molar-refractivity contribution is -0.0355. The minimum absolute atomic E-state index is 0.124. The van der Waals surface area contributed by atoms with Gasteiger partial charge in [-0.1, -0.05) is 27.7 Å². The molecule has 2 unspecified atom stereocenters. The molecule has 1 aromatic rings. The fraction of sp³-hybridized carbons (Fsp3) is 0.800. The monoisotopic (exact) mass is 284 g/mol. The summed E-state index contributed by atoms with van der Waals surface area (Å²) in [7, 11) is 0. The van der Waals surface area contributed by atoms with Gasteiger partial charge in [0.1, 0.15) is 0 Å². The number of nitrogens with zero attached hydrogens (tertiary/aromatic N) is 1. The zero-order chi connectivity index (χ0) is 14.3. The van der Waals surface area contributed by atoms with Gasteiger partial charge in [0.15, 0.2) is 0 Å². The van der Waals surface area contributed by atoms with Gasteiger partial charge < -0.3 is 10.1 Å². The molecule has 19 heavy (non-hydrogen) atoms. The second-order valence-electron chi connectivity index (χ2n) is 5.93. The van der Waals surface area contributed by atoms with Crippen molar-refractivity contribution in [1.82, 2.24) is 10.3 Å². The van der Waals surface area contributed by atoms with Crippen LogP contribution in [0.2, 0.25) is 0 Å². The Labute approximate surface area is 121 Å². The molecular weight excluding hydrogens is 256 g/mol. The standard InChI is InChI=1S/C15H28N2OS/c1-6-8-16-12(11-13-17-9-10-19-13)14(18-7-2)15(3,4)5/h9-10,12,14,16H,6-8,11H2,1-5H3. The van der Waals surface area contributed by atoms with E-state index >= 15 is 0 Å². The van der Waals surface area contributed by atoms with E-state index in [1.807, 2.05) is 11.6 Å². The van der Waals surface area contributed by atoms with Gasteiger partial charge in [-0.15, -0.1) is 11.3 Å². The molecule has 0 aromatic carbocycles. The highest BCUT2D eigenvalue weighted by molar-refractivity contribution is 7.09. The zero-order valence-electron chi connectivity index (χ0n) is 12.9. The van der Waals surface area contributed by atoms with Crippen molar-refractivity contribution in [3.8, 4) is 0 Å². The normalized spacial score (nSPS) is 15.4. The van der Waals surface area contributed by atoms with Crippen molar-refractivity contribution in [3.63, 3.8) is 0 Å². The summed E-state index contributed by atoms with van der Waals surface area (Å²) in [6.07, 6.45) is 4.16. The first kappa shape index (κ1) is 16.6. The van der Waals surface area contributed by atoms with Gasteiger partial charge in [0, 0.05) is 30.6 Å². The van der Waals surface area contributed by atoms with E-state index in [1.54, 1.807) is 11.3 Å². The van der Waals surface area contributed by atoms with Gasteiger partial charge in [0.05, 0.1) is 11.1 Å². The van der Waals surface area contributed by atoms with Crippen molar-refractivity contribution in [2.45, 2.75) is 59.6 Å². The van der Waals surface area contributed by atoms with Crippen LogP contribution in [0.25, 0.3) is 0 Å². The van der Waals surface area contributed by atoms with Crippen LogP contribution in [0.1, 0.15) is 46.0 Å². The third kappa shape index (κ3) is 5.59. The molecule has 0 spiro atoms. The lowest BCUT2D eigenvalue weighted by Crippen LogP contribution is -2.49. The van der Waals surface area contributed by atoms with Crippen LogP contribution in [0.3, 0.4) is 0 Å². The Morgan fingerprint density at radius 3 is 2.58 bits per heavy atom. The summed E-state index contributed by atoms with van der Waals surface area (Å²) in [6.45, 7) is 12.8. The molecule has 0 saturated carbocycles. The van der Waals surface area contributed by atoms with Crippen molar-refractivity contribution in [2.24, 2.45) is 5.41 Å². The number of hydrogen-bond donors (Lipinski definition) is 1. The predicted octanol–water partition coefficient (Wildman–Crippen LogP) is 3.51. The molecule has 2 atom stereocenters. The van der Waals surface area contributed by atoms with E-state index in [0.29, 0.717) is 6.04 Å². The van der Waals surface area contributed by atoms with Gasteiger partial charge in [0.2, 0.25) is 0 Å². The van der Waals surface area contributed by atoms with Crippen LogP contribution in [0.5, 0.6) is 0 Å². The Hall–Kier alpha value is -0.450. The zero-order valence-corrected chi connectivity index (χ0v) is 13.7. The van der Waals surface area contributed by atoms with Gasteiger partial charge in [-0.05, 0) is 25.3 Å². The van der Waals surface area contributed by atoms with Crippen LogP contribution in [0.4, 0.5) is 0 Å². The molecule has 1 rings (SSSR count). The second-order valence-corrected chi connectivity index (χ2v) is 6.91. The third-order valence-electron chi connectivity index (χ3n) is 3.10. The summed E-state index contributed by atoms with van der Waals surface area (Å²) in [5.74, 6) is 0. The Morgan fingerprint density at radius 1 is 1.37 bits per heavy atom. The Balaban J connectivity index is 2.79. The van der Waals surface area contributed by atoms with Gasteiger partial charge >= 0.3 is 0 Å². The third-order valence-corrected chi connectivity index (χ3v) is 3.90. The van der Waals surface area contributed by atoms with Crippen LogP contribution < -0.4 is 5.32 Å². The SMILES string of the molecule is CCCNC(Cc1nccs1)C(OCC)C(C)(C)C. The minimum Gasteiger partial charge on any atom is -0.376 e. The first-order valence-electron chi connectivity index (χ1n) is 7.22. The first-order valence-corrected chi connectivity index (χ1v) is 8.10. The van der Waals surface area contributed by atoms with Crippen LogP contribution >= 0.6 is 11.3 Å². The summed E-state index contributed by atoms with van der Waals surface area (Å²) in [5.41, 5.74) is 0.124.